The second-order valence-corrected chi connectivity index (χ2v) is 4.66. The molecule has 2 heterocycles. The number of imidazole rings is 1. The summed E-state index contributed by atoms with van der Waals surface area (Å²) in [5.41, 5.74) is 1.99. The number of carboxylic acids is 1. The minimum atomic E-state index is -0.882. The Bertz CT molecular complexity index is 606. The highest BCUT2D eigenvalue weighted by molar-refractivity contribution is 5.70. The number of hydrogen-bond acceptors (Lipinski definition) is 4. The predicted molar refractivity (Wildman–Crippen MR) is 72.4 cm³/mol. The Morgan fingerprint density at radius 2 is 2.26 bits per heavy atom. The van der Waals surface area contributed by atoms with Gasteiger partial charge in [-0.3, -0.25) is 4.79 Å². The quantitative estimate of drug-likeness (QED) is 0.860. The van der Waals surface area contributed by atoms with Crippen LogP contribution in [-0.2, 0) is 11.2 Å². The molecule has 0 aliphatic rings. The summed E-state index contributed by atoms with van der Waals surface area (Å²) in [6, 6.07) is 4.02. The summed E-state index contributed by atoms with van der Waals surface area (Å²) in [5, 5.41) is 16.6. The molecule has 1 unspecified atom stereocenters. The summed E-state index contributed by atoms with van der Waals surface area (Å²) < 4.78 is 1.61. The number of aliphatic carboxylic acids is 1. The number of carbonyl (C=O) groups is 1. The molecule has 0 aromatic carbocycles. The highest BCUT2D eigenvalue weighted by atomic mass is 16.4. The van der Waals surface area contributed by atoms with Gasteiger partial charge in [-0.25, -0.2) is 9.50 Å². The minimum absolute atomic E-state index is 0.0766. The fourth-order valence-electron chi connectivity index (χ4n) is 1.87. The van der Waals surface area contributed by atoms with Crippen molar-refractivity contribution >= 4 is 17.4 Å². The summed E-state index contributed by atoms with van der Waals surface area (Å²) in [6.07, 6.45) is 0.914. The predicted octanol–water partition coefficient (Wildman–Crippen LogP) is 1.88. The number of aromatic nitrogens is 3. The first-order valence-electron chi connectivity index (χ1n) is 6.34. The Hall–Kier alpha value is -2.11. The van der Waals surface area contributed by atoms with Crippen molar-refractivity contribution in [2.24, 2.45) is 0 Å². The van der Waals surface area contributed by atoms with Crippen LogP contribution in [0.4, 0.5) is 5.82 Å². The molecule has 0 saturated carbocycles. The molecule has 0 radical (unpaired) electrons. The van der Waals surface area contributed by atoms with Gasteiger partial charge in [0, 0.05) is 6.04 Å². The van der Waals surface area contributed by atoms with E-state index in [9.17, 15) is 4.79 Å². The van der Waals surface area contributed by atoms with Crippen molar-refractivity contribution in [3.8, 4) is 0 Å². The lowest BCUT2D eigenvalue weighted by molar-refractivity contribution is -0.136. The van der Waals surface area contributed by atoms with E-state index in [2.05, 4.69) is 29.2 Å². The monoisotopic (exact) mass is 262 g/mol. The number of rotatable bonds is 5. The summed E-state index contributed by atoms with van der Waals surface area (Å²) >= 11 is 0. The fraction of sp³-hybridized carbons (Fsp3) is 0.462. The SMILES string of the molecule is CCC(C)Nc1ccc2nc(C)c(CC(=O)O)n2n1. The van der Waals surface area contributed by atoms with Gasteiger partial charge in [0.1, 0.15) is 5.82 Å². The van der Waals surface area contributed by atoms with E-state index in [1.54, 1.807) is 11.4 Å². The molecule has 0 fully saturated rings. The van der Waals surface area contributed by atoms with E-state index in [-0.39, 0.29) is 6.42 Å². The van der Waals surface area contributed by atoms with Crippen LogP contribution in [0.3, 0.4) is 0 Å². The Morgan fingerprint density at radius 3 is 2.89 bits per heavy atom. The molecule has 6 nitrogen and oxygen atoms in total. The van der Waals surface area contributed by atoms with Gasteiger partial charge >= 0.3 is 5.97 Å². The van der Waals surface area contributed by atoms with Gasteiger partial charge in [-0.2, -0.15) is 0 Å². The zero-order chi connectivity index (χ0) is 14.0. The average Bonchev–Trinajstić information content (AvgIpc) is 2.65. The molecule has 2 rings (SSSR count). The first-order valence-corrected chi connectivity index (χ1v) is 6.34. The van der Waals surface area contributed by atoms with Crippen LogP contribution in [0.2, 0.25) is 0 Å². The Morgan fingerprint density at radius 1 is 1.53 bits per heavy atom. The van der Waals surface area contributed by atoms with E-state index in [0.717, 1.165) is 12.2 Å². The lowest BCUT2D eigenvalue weighted by Gasteiger charge is -2.12. The molecule has 1 atom stereocenters. The molecular weight excluding hydrogens is 244 g/mol. The van der Waals surface area contributed by atoms with Gasteiger partial charge in [-0.1, -0.05) is 6.92 Å². The number of nitrogens with one attached hydrogen (secondary N) is 1. The van der Waals surface area contributed by atoms with E-state index in [0.29, 0.717) is 23.1 Å². The molecule has 6 heteroatoms. The Labute approximate surface area is 111 Å². The van der Waals surface area contributed by atoms with Crippen LogP contribution in [-0.4, -0.2) is 31.7 Å². The first kappa shape index (κ1) is 13.3. The van der Waals surface area contributed by atoms with E-state index in [4.69, 9.17) is 5.11 Å². The molecule has 0 aliphatic heterocycles. The van der Waals surface area contributed by atoms with Gasteiger partial charge in [0.15, 0.2) is 5.65 Å². The molecular formula is C13H18N4O2. The summed E-state index contributed by atoms with van der Waals surface area (Å²) in [6.45, 7) is 5.96. The Balaban J connectivity index is 2.42. The van der Waals surface area contributed by atoms with Crippen LogP contribution < -0.4 is 5.32 Å². The van der Waals surface area contributed by atoms with E-state index < -0.39 is 5.97 Å². The van der Waals surface area contributed by atoms with Crippen molar-refractivity contribution in [3.63, 3.8) is 0 Å². The first-order chi connectivity index (χ1) is 9.01. The van der Waals surface area contributed by atoms with Crippen LogP contribution in [0, 0.1) is 6.92 Å². The fourth-order valence-corrected chi connectivity index (χ4v) is 1.87. The van der Waals surface area contributed by atoms with Crippen LogP contribution >= 0.6 is 0 Å². The maximum Gasteiger partial charge on any atom is 0.309 e. The molecule has 0 amide bonds. The topological polar surface area (TPSA) is 79.5 Å². The van der Waals surface area contributed by atoms with Crippen molar-refractivity contribution in [2.75, 3.05) is 5.32 Å². The molecule has 102 valence electrons. The van der Waals surface area contributed by atoms with Gasteiger partial charge in [0.2, 0.25) is 0 Å². The second kappa shape index (κ2) is 5.26. The van der Waals surface area contributed by atoms with Crippen molar-refractivity contribution in [3.05, 3.63) is 23.5 Å². The molecule has 0 spiro atoms. The second-order valence-electron chi connectivity index (χ2n) is 4.66. The molecule has 19 heavy (non-hydrogen) atoms. The normalized spacial score (nSPS) is 12.6. The maximum atomic E-state index is 10.9. The number of nitrogens with zero attached hydrogens (tertiary/aromatic N) is 3. The molecule has 2 aromatic heterocycles. The highest BCUT2D eigenvalue weighted by Crippen LogP contribution is 2.14. The molecule has 0 saturated heterocycles. The third kappa shape index (κ3) is 2.83. The van der Waals surface area contributed by atoms with Crippen LogP contribution in [0.15, 0.2) is 12.1 Å². The average molecular weight is 262 g/mol. The van der Waals surface area contributed by atoms with E-state index in [1.165, 1.54) is 0 Å². The van der Waals surface area contributed by atoms with E-state index >= 15 is 0 Å². The molecule has 2 N–H and O–H groups in total. The van der Waals surface area contributed by atoms with Crippen molar-refractivity contribution in [1.82, 2.24) is 14.6 Å². The van der Waals surface area contributed by atoms with Crippen molar-refractivity contribution < 1.29 is 9.90 Å². The zero-order valence-electron chi connectivity index (χ0n) is 11.3. The van der Waals surface area contributed by atoms with Crippen LogP contribution in [0.5, 0.6) is 0 Å². The summed E-state index contributed by atoms with van der Waals surface area (Å²) in [7, 11) is 0. The van der Waals surface area contributed by atoms with Gasteiger partial charge in [-0.05, 0) is 32.4 Å². The van der Waals surface area contributed by atoms with Gasteiger partial charge in [0.25, 0.3) is 0 Å². The third-order valence-corrected chi connectivity index (χ3v) is 3.10. The standard InChI is InChI=1S/C13H18N4O2/c1-4-8(2)14-11-5-6-12-15-9(3)10(7-13(18)19)17(12)16-11/h5-6,8H,4,7H2,1-3H3,(H,14,16)(H,18,19). The maximum absolute atomic E-state index is 10.9. The Kier molecular flexibility index (Phi) is 3.69. The van der Waals surface area contributed by atoms with Crippen LogP contribution in [0.1, 0.15) is 31.7 Å². The largest absolute Gasteiger partial charge is 0.481 e. The van der Waals surface area contributed by atoms with Crippen molar-refractivity contribution in [1.29, 1.82) is 0 Å². The number of carboxylic acid groups (broad SMARTS) is 1. The highest BCUT2D eigenvalue weighted by Gasteiger charge is 2.13. The van der Waals surface area contributed by atoms with Crippen molar-refractivity contribution in [2.45, 2.75) is 39.7 Å². The summed E-state index contributed by atoms with van der Waals surface area (Å²) in [5.74, 6) is -0.155. The van der Waals surface area contributed by atoms with Crippen LogP contribution in [0.25, 0.3) is 5.65 Å². The minimum Gasteiger partial charge on any atom is -0.481 e. The number of fused-ring (bicyclic) bond motifs is 1. The lowest BCUT2D eigenvalue weighted by atomic mass is 10.2. The molecule has 0 aliphatic carbocycles. The molecule has 2 aromatic rings. The third-order valence-electron chi connectivity index (χ3n) is 3.10. The van der Waals surface area contributed by atoms with Gasteiger partial charge in [-0.15, -0.1) is 5.10 Å². The number of aryl methyl sites for hydroxylation is 1. The van der Waals surface area contributed by atoms with Gasteiger partial charge in [0.05, 0.1) is 17.8 Å². The smallest absolute Gasteiger partial charge is 0.309 e. The zero-order valence-corrected chi connectivity index (χ0v) is 11.3. The number of hydrogen-bond donors (Lipinski definition) is 2. The summed E-state index contributed by atoms with van der Waals surface area (Å²) in [4.78, 5) is 15.2. The lowest BCUT2D eigenvalue weighted by Crippen LogP contribution is -2.16. The number of anilines is 1. The van der Waals surface area contributed by atoms with Gasteiger partial charge < -0.3 is 10.4 Å². The molecule has 0 bridgehead atoms. The van der Waals surface area contributed by atoms with E-state index in [1.807, 2.05) is 12.1 Å².